The number of likely N-dealkylation sites (tertiary alicyclic amines) is 1. The van der Waals surface area contributed by atoms with E-state index in [1.807, 2.05) is 12.1 Å². The number of rotatable bonds is 3. The van der Waals surface area contributed by atoms with Gasteiger partial charge in [0.05, 0.1) is 0 Å². The van der Waals surface area contributed by atoms with E-state index in [2.05, 4.69) is 16.3 Å². The standard InChI is InChI=1S/C21H26N4O3/c22-17-4-2-13-9-24(11-16(13)17)8-12-1-3-15-14(7-12)10-25(21(15)28)18-5-6-19(26)23-20(18)27/h1,3,7,13,16-18H,2,4-6,8-11,22H2,(H,23,26,27). The second-order valence-electron chi connectivity index (χ2n) is 8.75. The summed E-state index contributed by atoms with van der Waals surface area (Å²) >= 11 is 0. The number of carbonyl (C=O) groups is 3. The van der Waals surface area contributed by atoms with E-state index in [-0.39, 0.29) is 24.1 Å². The minimum absolute atomic E-state index is 0.113. The molecule has 4 atom stereocenters. The lowest BCUT2D eigenvalue weighted by Crippen LogP contribution is -2.52. The fraction of sp³-hybridized carbons (Fsp3) is 0.571. The van der Waals surface area contributed by atoms with Gasteiger partial charge in [-0.05, 0) is 48.3 Å². The number of nitrogens with zero attached hydrogens (tertiary/aromatic N) is 2. The number of benzene rings is 1. The molecule has 2 saturated heterocycles. The first kappa shape index (κ1) is 17.8. The predicted molar refractivity (Wildman–Crippen MR) is 102 cm³/mol. The number of hydrogen-bond donors (Lipinski definition) is 2. The molecule has 0 radical (unpaired) electrons. The molecule has 3 heterocycles. The van der Waals surface area contributed by atoms with Crippen LogP contribution in [0, 0.1) is 11.8 Å². The van der Waals surface area contributed by atoms with Crippen molar-refractivity contribution < 1.29 is 14.4 Å². The normalized spacial score (nSPS) is 32.6. The Morgan fingerprint density at radius 2 is 1.96 bits per heavy atom. The summed E-state index contributed by atoms with van der Waals surface area (Å²) in [5, 5.41) is 2.35. The van der Waals surface area contributed by atoms with Gasteiger partial charge in [0.2, 0.25) is 11.8 Å². The Morgan fingerprint density at radius 3 is 2.75 bits per heavy atom. The van der Waals surface area contributed by atoms with E-state index in [9.17, 15) is 14.4 Å². The van der Waals surface area contributed by atoms with Crippen molar-refractivity contribution in [1.82, 2.24) is 15.1 Å². The maximum atomic E-state index is 12.8. The first-order valence-corrected chi connectivity index (χ1v) is 10.2. The molecule has 5 rings (SSSR count). The highest BCUT2D eigenvalue weighted by Crippen LogP contribution is 2.38. The largest absolute Gasteiger partial charge is 0.327 e. The lowest BCUT2D eigenvalue weighted by Gasteiger charge is -2.29. The number of piperidine rings is 1. The van der Waals surface area contributed by atoms with Crippen molar-refractivity contribution in [3.8, 4) is 0 Å². The Bertz CT molecular complexity index is 854. The minimum Gasteiger partial charge on any atom is -0.327 e. The SMILES string of the molecule is NC1CCC2CN(Cc3ccc4c(c3)CN(C3CCC(=O)NC3=O)C4=O)CC12. The van der Waals surface area contributed by atoms with Crippen LogP contribution in [0.25, 0.3) is 0 Å². The highest BCUT2D eigenvalue weighted by atomic mass is 16.2. The van der Waals surface area contributed by atoms with Crippen LogP contribution in [0.2, 0.25) is 0 Å². The molecule has 1 aromatic carbocycles. The van der Waals surface area contributed by atoms with Crippen LogP contribution in [0.3, 0.4) is 0 Å². The number of carbonyl (C=O) groups excluding carboxylic acids is 3. The molecule has 3 N–H and O–H groups in total. The second-order valence-corrected chi connectivity index (χ2v) is 8.75. The molecule has 1 aliphatic carbocycles. The summed E-state index contributed by atoms with van der Waals surface area (Å²) in [6.07, 6.45) is 3.07. The van der Waals surface area contributed by atoms with Gasteiger partial charge in [-0.1, -0.05) is 12.1 Å². The summed E-state index contributed by atoms with van der Waals surface area (Å²) < 4.78 is 0. The number of amides is 3. The predicted octanol–water partition coefficient (Wildman–Crippen LogP) is 0.617. The highest BCUT2D eigenvalue weighted by molar-refractivity contribution is 6.05. The Morgan fingerprint density at radius 1 is 1.11 bits per heavy atom. The Labute approximate surface area is 164 Å². The van der Waals surface area contributed by atoms with Gasteiger partial charge in [0, 0.05) is 44.2 Å². The number of fused-ring (bicyclic) bond motifs is 2. The van der Waals surface area contributed by atoms with Crippen LogP contribution in [0.15, 0.2) is 18.2 Å². The van der Waals surface area contributed by atoms with Crippen molar-refractivity contribution in [2.24, 2.45) is 17.6 Å². The fourth-order valence-electron chi connectivity index (χ4n) is 5.51. The summed E-state index contributed by atoms with van der Waals surface area (Å²) in [7, 11) is 0. The van der Waals surface area contributed by atoms with E-state index in [0.717, 1.165) is 37.5 Å². The second kappa shape index (κ2) is 6.67. The van der Waals surface area contributed by atoms with Crippen LogP contribution in [0.5, 0.6) is 0 Å². The van der Waals surface area contributed by atoms with Crippen molar-refractivity contribution in [3.05, 3.63) is 34.9 Å². The lowest BCUT2D eigenvalue weighted by atomic mass is 9.98. The smallest absolute Gasteiger partial charge is 0.255 e. The van der Waals surface area contributed by atoms with E-state index in [1.54, 1.807) is 4.90 Å². The van der Waals surface area contributed by atoms with E-state index >= 15 is 0 Å². The summed E-state index contributed by atoms with van der Waals surface area (Å²) in [6.45, 7) is 3.48. The van der Waals surface area contributed by atoms with Crippen LogP contribution in [-0.4, -0.2) is 52.7 Å². The molecule has 0 spiro atoms. The molecule has 3 aliphatic heterocycles. The van der Waals surface area contributed by atoms with Gasteiger partial charge >= 0.3 is 0 Å². The van der Waals surface area contributed by atoms with Gasteiger partial charge in [-0.15, -0.1) is 0 Å². The number of nitrogens with one attached hydrogen (secondary N) is 1. The average molecular weight is 382 g/mol. The van der Waals surface area contributed by atoms with Crippen molar-refractivity contribution >= 4 is 17.7 Å². The van der Waals surface area contributed by atoms with E-state index in [4.69, 9.17) is 5.73 Å². The monoisotopic (exact) mass is 382 g/mol. The first-order chi connectivity index (χ1) is 13.5. The third-order valence-electron chi connectivity index (χ3n) is 6.98. The van der Waals surface area contributed by atoms with Gasteiger partial charge in [-0.3, -0.25) is 24.6 Å². The maximum Gasteiger partial charge on any atom is 0.255 e. The van der Waals surface area contributed by atoms with Crippen molar-refractivity contribution in [2.75, 3.05) is 13.1 Å². The molecular formula is C21H26N4O3. The third kappa shape index (κ3) is 2.93. The highest BCUT2D eigenvalue weighted by Gasteiger charge is 2.41. The molecule has 4 aliphatic rings. The summed E-state index contributed by atoms with van der Waals surface area (Å²) in [5.41, 5.74) is 9.10. The van der Waals surface area contributed by atoms with Crippen molar-refractivity contribution in [1.29, 1.82) is 0 Å². The number of imide groups is 1. The van der Waals surface area contributed by atoms with Crippen molar-refractivity contribution in [3.63, 3.8) is 0 Å². The van der Waals surface area contributed by atoms with Crippen LogP contribution in [0.4, 0.5) is 0 Å². The lowest BCUT2D eigenvalue weighted by molar-refractivity contribution is -0.136. The van der Waals surface area contributed by atoms with Crippen LogP contribution in [0.1, 0.15) is 47.2 Å². The molecule has 3 fully saturated rings. The van der Waals surface area contributed by atoms with E-state index < -0.39 is 6.04 Å². The zero-order valence-electron chi connectivity index (χ0n) is 15.9. The van der Waals surface area contributed by atoms with Crippen LogP contribution in [-0.2, 0) is 22.7 Å². The maximum absolute atomic E-state index is 12.8. The molecule has 1 aromatic rings. The quantitative estimate of drug-likeness (QED) is 0.747. The van der Waals surface area contributed by atoms with E-state index in [0.29, 0.717) is 30.5 Å². The molecule has 0 aromatic heterocycles. The summed E-state index contributed by atoms with van der Waals surface area (Å²) in [6, 6.07) is 5.81. The molecule has 148 valence electrons. The molecule has 7 nitrogen and oxygen atoms in total. The first-order valence-electron chi connectivity index (χ1n) is 10.2. The Kier molecular flexibility index (Phi) is 4.25. The van der Waals surface area contributed by atoms with E-state index in [1.165, 1.54) is 12.0 Å². The van der Waals surface area contributed by atoms with Gasteiger partial charge in [-0.2, -0.15) is 0 Å². The molecule has 3 amide bonds. The van der Waals surface area contributed by atoms with Gasteiger partial charge in [0.15, 0.2) is 0 Å². The zero-order valence-corrected chi connectivity index (χ0v) is 15.9. The molecule has 0 bridgehead atoms. The molecule has 1 saturated carbocycles. The van der Waals surface area contributed by atoms with Gasteiger partial charge in [-0.25, -0.2) is 0 Å². The summed E-state index contributed by atoms with van der Waals surface area (Å²) in [5.74, 6) is 0.617. The Hall–Kier alpha value is -2.25. The fourth-order valence-corrected chi connectivity index (χ4v) is 5.51. The molecule has 28 heavy (non-hydrogen) atoms. The average Bonchev–Trinajstić information content (AvgIpc) is 3.30. The topological polar surface area (TPSA) is 95.7 Å². The zero-order chi connectivity index (χ0) is 19.4. The minimum atomic E-state index is -0.555. The summed E-state index contributed by atoms with van der Waals surface area (Å²) in [4.78, 5) is 40.4. The van der Waals surface area contributed by atoms with Gasteiger partial charge < -0.3 is 10.6 Å². The number of nitrogens with two attached hydrogens (primary N) is 1. The third-order valence-corrected chi connectivity index (χ3v) is 6.98. The molecular weight excluding hydrogens is 356 g/mol. The van der Waals surface area contributed by atoms with Crippen LogP contribution >= 0.6 is 0 Å². The van der Waals surface area contributed by atoms with Gasteiger partial charge in [0.1, 0.15) is 6.04 Å². The van der Waals surface area contributed by atoms with Crippen molar-refractivity contribution in [2.45, 2.75) is 50.9 Å². The van der Waals surface area contributed by atoms with Crippen LogP contribution < -0.4 is 11.1 Å². The molecule has 7 heteroatoms. The van der Waals surface area contributed by atoms with Gasteiger partial charge in [0.25, 0.3) is 5.91 Å². The number of hydrogen-bond acceptors (Lipinski definition) is 5. The Balaban J connectivity index is 1.28. The molecule has 4 unspecified atom stereocenters.